The van der Waals surface area contributed by atoms with Gasteiger partial charge in [0.2, 0.25) is 6.79 Å². The summed E-state index contributed by atoms with van der Waals surface area (Å²) in [5, 5.41) is 10.1. The molecule has 0 radical (unpaired) electrons. The molecule has 5 nitrogen and oxygen atoms in total. The number of ether oxygens (including phenoxy) is 2. The molecule has 2 heterocycles. The van der Waals surface area contributed by atoms with Crippen molar-refractivity contribution in [3.63, 3.8) is 0 Å². The Balaban J connectivity index is 1.69. The highest BCUT2D eigenvalue weighted by Crippen LogP contribution is 2.38. The van der Waals surface area contributed by atoms with Crippen LogP contribution < -0.4 is 9.47 Å². The molecule has 1 unspecified atom stereocenters. The van der Waals surface area contributed by atoms with E-state index >= 15 is 0 Å². The van der Waals surface area contributed by atoms with Crippen LogP contribution in [0.25, 0.3) is 0 Å². The van der Waals surface area contributed by atoms with E-state index in [9.17, 15) is 5.11 Å². The third kappa shape index (κ3) is 2.55. The second kappa shape index (κ2) is 5.50. The van der Waals surface area contributed by atoms with Crippen molar-refractivity contribution >= 4 is 0 Å². The molecule has 0 amide bonds. The summed E-state index contributed by atoms with van der Waals surface area (Å²) in [7, 11) is 0. The Morgan fingerprint density at radius 3 is 2.70 bits per heavy atom. The largest absolute Gasteiger partial charge is 0.507 e. The summed E-state index contributed by atoms with van der Waals surface area (Å²) in [6.45, 7) is 9.71. The summed E-state index contributed by atoms with van der Waals surface area (Å²) in [6, 6.07) is 4.11. The van der Waals surface area contributed by atoms with Gasteiger partial charge in [-0.2, -0.15) is 0 Å². The van der Waals surface area contributed by atoms with E-state index in [0.29, 0.717) is 17.5 Å². The predicted octanol–water partition coefficient (Wildman–Crippen LogP) is 1.65. The average molecular weight is 278 g/mol. The molecule has 5 heteroatoms. The van der Waals surface area contributed by atoms with Crippen molar-refractivity contribution in [3.05, 3.63) is 17.7 Å². The van der Waals surface area contributed by atoms with Crippen LogP contribution in [0.4, 0.5) is 0 Å². The Morgan fingerprint density at radius 2 is 2.00 bits per heavy atom. The third-order valence-electron chi connectivity index (χ3n) is 4.22. The van der Waals surface area contributed by atoms with Gasteiger partial charge in [0.1, 0.15) is 5.75 Å². The molecule has 0 aromatic heterocycles. The van der Waals surface area contributed by atoms with Gasteiger partial charge in [0.05, 0.1) is 0 Å². The molecule has 110 valence electrons. The van der Waals surface area contributed by atoms with E-state index in [1.165, 1.54) is 0 Å². The number of benzene rings is 1. The number of rotatable bonds is 3. The molecule has 1 aromatic rings. The molecule has 0 spiro atoms. The smallest absolute Gasteiger partial charge is 0.231 e. The van der Waals surface area contributed by atoms with Crippen LogP contribution in [0.5, 0.6) is 17.2 Å². The van der Waals surface area contributed by atoms with Gasteiger partial charge in [-0.3, -0.25) is 9.80 Å². The molecule has 2 aliphatic heterocycles. The first-order chi connectivity index (χ1) is 9.67. The number of hydrogen-bond donors (Lipinski definition) is 1. The number of nitrogens with zero attached hydrogens (tertiary/aromatic N) is 2. The molecular weight excluding hydrogens is 256 g/mol. The Hall–Kier alpha value is -1.46. The maximum Gasteiger partial charge on any atom is 0.231 e. The Morgan fingerprint density at radius 1 is 1.25 bits per heavy atom. The Bertz CT molecular complexity index is 492. The molecule has 0 aliphatic carbocycles. The van der Waals surface area contributed by atoms with Gasteiger partial charge in [-0.05, 0) is 19.5 Å². The van der Waals surface area contributed by atoms with Gasteiger partial charge < -0.3 is 14.6 Å². The van der Waals surface area contributed by atoms with Gasteiger partial charge in [0, 0.05) is 43.9 Å². The quantitative estimate of drug-likeness (QED) is 0.911. The van der Waals surface area contributed by atoms with Crippen LogP contribution in [0.15, 0.2) is 12.1 Å². The molecule has 1 atom stereocenters. The molecule has 0 bridgehead atoms. The summed E-state index contributed by atoms with van der Waals surface area (Å²) in [5.41, 5.74) is 0.909. The van der Waals surface area contributed by atoms with Crippen molar-refractivity contribution in [2.24, 2.45) is 0 Å². The lowest BCUT2D eigenvalue weighted by Gasteiger charge is -2.39. The van der Waals surface area contributed by atoms with E-state index in [0.717, 1.165) is 44.0 Å². The summed E-state index contributed by atoms with van der Waals surface area (Å²) in [6.07, 6.45) is 0. The first kappa shape index (κ1) is 13.5. The average Bonchev–Trinajstić information content (AvgIpc) is 2.86. The Kier molecular flexibility index (Phi) is 3.72. The normalized spacial score (nSPS) is 23.2. The van der Waals surface area contributed by atoms with Gasteiger partial charge in [-0.25, -0.2) is 0 Å². The molecule has 1 fully saturated rings. The first-order valence-corrected chi connectivity index (χ1v) is 7.25. The van der Waals surface area contributed by atoms with Gasteiger partial charge in [0.15, 0.2) is 11.5 Å². The fourth-order valence-corrected chi connectivity index (χ4v) is 3.02. The number of phenols is 1. The minimum absolute atomic E-state index is 0.241. The number of hydrogen-bond acceptors (Lipinski definition) is 5. The topological polar surface area (TPSA) is 45.2 Å². The maximum atomic E-state index is 10.1. The van der Waals surface area contributed by atoms with E-state index in [-0.39, 0.29) is 6.79 Å². The van der Waals surface area contributed by atoms with Crippen LogP contribution in [0, 0.1) is 0 Å². The lowest BCUT2D eigenvalue weighted by molar-refractivity contribution is 0.0829. The van der Waals surface area contributed by atoms with Gasteiger partial charge >= 0.3 is 0 Å². The van der Waals surface area contributed by atoms with Crippen molar-refractivity contribution in [3.8, 4) is 17.2 Å². The second-order valence-corrected chi connectivity index (χ2v) is 5.55. The van der Waals surface area contributed by atoms with E-state index < -0.39 is 0 Å². The van der Waals surface area contributed by atoms with Crippen LogP contribution >= 0.6 is 0 Å². The standard InChI is InChI=1S/C15H22N2O3/c1-3-17-5-4-16(8-11(17)2)9-12-6-14-15(7-13(12)18)20-10-19-14/h6-7,11,18H,3-5,8-10H2,1-2H3. The summed E-state index contributed by atoms with van der Waals surface area (Å²) < 4.78 is 10.6. The van der Waals surface area contributed by atoms with Gasteiger partial charge in [0.25, 0.3) is 0 Å². The van der Waals surface area contributed by atoms with Crippen LogP contribution in [0.3, 0.4) is 0 Å². The highest BCUT2D eigenvalue weighted by Gasteiger charge is 2.24. The van der Waals surface area contributed by atoms with Crippen molar-refractivity contribution in [2.75, 3.05) is 33.0 Å². The monoisotopic (exact) mass is 278 g/mol. The molecule has 20 heavy (non-hydrogen) atoms. The van der Waals surface area contributed by atoms with Gasteiger partial charge in [-0.1, -0.05) is 6.92 Å². The Labute approximate surface area is 119 Å². The predicted molar refractivity (Wildman–Crippen MR) is 76.2 cm³/mol. The van der Waals surface area contributed by atoms with Crippen LogP contribution in [0.2, 0.25) is 0 Å². The number of aromatic hydroxyl groups is 1. The number of likely N-dealkylation sites (N-methyl/N-ethyl adjacent to an activating group) is 1. The molecular formula is C15H22N2O3. The molecule has 1 aromatic carbocycles. The second-order valence-electron chi connectivity index (χ2n) is 5.55. The van der Waals surface area contributed by atoms with E-state index in [2.05, 4.69) is 23.6 Å². The fourth-order valence-electron chi connectivity index (χ4n) is 3.02. The minimum Gasteiger partial charge on any atom is -0.507 e. The zero-order chi connectivity index (χ0) is 14.1. The summed E-state index contributed by atoms with van der Waals surface area (Å²) >= 11 is 0. The molecule has 3 rings (SSSR count). The number of piperazine rings is 1. The zero-order valence-corrected chi connectivity index (χ0v) is 12.1. The zero-order valence-electron chi connectivity index (χ0n) is 12.1. The van der Waals surface area contributed by atoms with Crippen molar-refractivity contribution in [2.45, 2.75) is 26.4 Å². The first-order valence-electron chi connectivity index (χ1n) is 7.25. The molecule has 2 aliphatic rings. The lowest BCUT2D eigenvalue weighted by atomic mass is 10.1. The maximum absolute atomic E-state index is 10.1. The molecule has 0 saturated carbocycles. The minimum atomic E-state index is 0.241. The van der Waals surface area contributed by atoms with Crippen LogP contribution in [-0.4, -0.2) is 53.9 Å². The lowest BCUT2D eigenvalue weighted by Crippen LogP contribution is -2.51. The molecule has 1 saturated heterocycles. The third-order valence-corrected chi connectivity index (χ3v) is 4.22. The van der Waals surface area contributed by atoms with Crippen molar-refractivity contribution < 1.29 is 14.6 Å². The number of fused-ring (bicyclic) bond motifs is 1. The van der Waals surface area contributed by atoms with E-state index in [1.54, 1.807) is 6.07 Å². The van der Waals surface area contributed by atoms with Gasteiger partial charge in [-0.15, -0.1) is 0 Å². The highest BCUT2D eigenvalue weighted by atomic mass is 16.7. The van der Waals surface area contributed by atoms with E-state index in [4.69, 9.17) is 9.47 Å². The van der Waals surface area contributed by atoms with Crippen LogP contribution in [-0.2, 0) is 6.54 Å². The summed E-state index contributed by atoms with van der Waals surface area (Å²) in [4.78, 5) is 4.87. The summed E-state index contributed by atoms with van der Waals surface area (Å²) in [5.74, 6) is 1.66. The molecule has 1 N–H and O–H groups in total. The highest BCUT2D eigenvalue weighted by molar-refractivity contribution is 5.51. The van der Waals surface area contributed by atoms with Crippen molar-refractivity contribution in [1.82, 2.24) is 9.80 Å². The fraction of sp³-hybridized carbons (Fsp3) is 0.600. The number of phenolic OH excluding ortho intramolecular Hbond substituents is 1. The van der Waals surface area contributed by atoms with Crippen molar-refractivity contribution in [1.29, 1.82) is 0 Å². The van der Waals surface area contributed by atoms with E-state index in [1.807, 2.05) is 6.07 Å². The SMILES string of the molecule is CCN1CCN(Cc2cc3c(cc2O)OCO3)CC1C. The van der Waals surface area contributed by atoms with Crippen LogP contribution in [0.1, 0.15) is 19.4 Å².